The van der Waals surface area contributed by atoms with Crippen molar-refractivity contribution in [2.45, 2.75) is 26.9 Å². The van der Waals surface area contributed by atoms with Crippen molar-refractivity contribution in [1.29, 1.82) is 0 Å². The van der Waals surface area contributed by atoms with Crippen LogP contribution in [0.4, 0.5) is 8.78 Å². The number of halogens is 3. The molecule has 1 heterocycles. The first-order valence-electron chi connectivity index (χ1n) is 6.16. The van der Waals surface area contributed by atoms with Crippen LogP contribution in [0.5, 0.6) is 5.75 Å². The van der Waals surface area contributed by atoms with E-state index in [1.807, 2.05) is 0 Å². The third kappa shape index (κ3) is 3.99. The first-order chi connectivity index (χ1) is 9.45. The van der Waals surface area contributed by atoms with Crippen molar-refractivity contribution in [2.75, 3.05) is 0 Å². The second-order valence-corrected chi connectivity index (χ2v) is 7.10. The summed E-state index contributed by atoms with van der Waals surface area (Å²) in [7, 11) is 0. The summed E-state index contributed by atoms with van der Waals surface area (Å²) in [6.45, 7) is 1.50. The molecule has 0 radical (unpaired) electrons. The molecule has 0 spiro atoms. The normalized spacial score (nSPS) is 11.3. The fraction of sp³-hybridized carbons (Fsp3) is 0.357. The van der Waals surface area contributed by atoms with Crippen molar-refractivity contribution in [3.05, 3.63) is 33.1 Å². The smallest absolute Gasteiger partial charge is 0.387 e. The summed E-state index contributed by atoms with van der Waals surface area (Å²) in [5.74, 6) is 0.686. The summed E-state index contributed by atoms with van der Waals surface area (Å²) in [5.41, 5.74) is 1.81. The lowest BCUT2D eigenvalue weighted by Crippen LogP contribution is -2.01. The Labute approximate surface area is 128 Å². The average molecular weight is 362 g/mol. The zero-order chi connectivity index (χ0) is 14.7. The molecule has 0 aliphatic carbocycles. The molecule has 20 heavy (non-hydrogen) atoms. The van der Waals surface area contributed by atoms with Crippen LogP contribution in [-0.4, -0.2) is 11.6 Å². The second-order valence-electron chi connectivity index (χ2n) is 4.74. The predicted molar refractivity (Wildman–Crippen MR) is 80.4 cm³/mol. The molecule has 0 fully saturated rings. The van der Waals surface area contributed by atoms with Gasteiger partial charge in [-0.3, -0.25) is 0 Å². The van der Waals surface area contributed by atoms with Gasteiger partial charge < -0.3 is 4.74 Å². The van der Waals surface area contributed by atoms with Crippen molar-refractivity contribution in [1.82, 2.24) is 4.98 Å². The van der Waals surface area contributed by atoms with Crippen LogP contribution in [0.15, 0.2) is 28.2 Å². The Morgan fingerprint density at radius 1 is 1.25 bits per heavy atom. The number of rotatable bonds is 5. The zero-order valence-electron chi connectivity index (χ0n) is 11.1. The van der Waals surface area contributed by atoms with Gasteiger partial charge in [0.1, 0.15) is 5.75 Å². The molecule has 2 aromatic rings. The molecule has 0 saturated carbocycles. The maximum Gasteiger partial charge on any atom is 0.387 e. The van der Waals surface area contributed by atoms with Crippen molar-refractivity contribution >= 4 is 27.3 Å². The van der Waals surface area contributed by atoms with Gasteiger partial charge >= 0.3 is 6.61 Å². The highest BCUT2D eigenvalue weighted by atomic mass is 79.9. The molecular weight excluding hydrogens is 348 g/mol. The standard InChI is InChI=1S/C14H14BrF2NOS/c1-8(2)7-11-12(18-13(15)20-11)9-3-5-10(6-4-9)19-14(16)17/h3-6,8,14H,7H2,1-2H3. The highest BCUT2D eigenvalue weighted by molar-refractivity contribution is 9.11. The fourth-order valence-corrected chi connectivity index (χ4v) is 3.63. The van der Waals surface area contributed by atoms with Crippen LogP contribution in [0.1, 0.15) is 18.7 Å². The van der Waals surface area contributed by atoms with E-state index < -0.39 is 6.61 Å². The molecular formula is C14H14BrF2NOS. The molecule has 0 aliphatic heterocycles. The van der Waals surface area contributed by atoms with Crippen LogP contribution in [-0.2, 0) is 6.42 Å². The van der Waals surface area contributed by atoms with Crippen molar-refractivity contribution in [3.63, 3.8) is 0 Å². The van der Waals surface area contributed by atoms with Gasteiger partial charge in [0.2, 0.25) is 0 Å². The van der Waals surface area contributed by atoms with Gasteiger partial charge in [-0.2, -0.15) is 8.78 Å². The second kappa shape index (κ2) is 6.63. The number of aromatic nitrogens is 1. The minimum absolute atomic E-state index is 0.156. The Balaban J connectivity index is 2.27. The molecule has 0 unspecified atom stereocenters. The molecule has 0 N–H and O–H groups in total. The van der Waals surface area contributed by atoms with Gasteiger partial charge in [-0.05, 0) is 52.5 Å². The quantitative estimate of drug-likeness (QED) is 0.713. The Bertz CT molecular complexity index is 569. The van der Waals surface area contributed by atoms with Crippen LogP contribution in [0.25, 0.3) is 11.3 Å². The van der Waals surface area contributed by atoms with Crippen LogP contribution in [0, 0.1) is 5.92 Å². The topological polar surface area (TPSA) is 22.1 Å². The summed E-state index contributed by atoms with van der Waals surface area (Å²) in [5, 5.41) is 0. The summed E-state index contributed by atoms with van der Waals surface area (Å²) < 4.78 is 29.4. The van der Waals surface area contributed by atoms with Crippen molar-refractivity contribution in [2.24, 2.45) is 5.92 Å². The molecule has 0 amide bonds. The van der Waals surface area contributed by atoms with E-state index in [1.54, 1.807) is 23.5 Å². The summed E-state index contributed by atoms with van der Waals surface area (Å²) in [4.78, 5) is 5.66. The molecule has 108 valence electrons. The van der Waals surface area contributed by atoms with E-state index >= 15 is 0 Å². The van der Waals surface area contributed by atoms with E-state index in [9.17, 15) is 8.78 Å². The van der Waals surface area contributed by atoms with E-state index in [-0.39, 0.29) is 5.75 Å². The first-order valence-corrected chi connectivity index (χ1v) is 7.77. The Morgan fingerprint density at radius 3 is 2.45 bits per heavy atom. The first kappa shape index (κ1) is 15.4. The van der Waals surface area contributed by atoms with E-state index in [0.717, 1.165) is 21.6 Å². The van der Waals surface area contributed by atoms with E-state index in [2.05, 4.69) is 39.5 Å². The van der Waals surface area contributed by atoms with E-state index in [0.29, 0.717) is 5.92 Å². The highest BCUT2D eigenvalue weighted by Crippen LogP contribution is 2.33. The molecule has 1 aromatic carbocycles. The number of benzene rings is 1. The summed E-state index contributed by atoms with van der Waals surface area (Å²) in [6, 6.07) is 6.58. The number of ether oxygens (including phenoxy) is 1. The monoisotopic (exact) mass is 361 g/mol. The lowest BCUT2D eigenvalue weighted by Gasteiger charge is -2.07. The van der Waals surface area contributed by atoms with Gasteiger partial charge in [-0.1, -0.05) is 13.8 Å². The molecule has 0 atom stereocenters. The maximum atomic E-state index is 12.1. The molecule has 0 bridgehead atoms. The Kier molecular flexibility index (Phi) is 5.10. The van der Waals surface area contributed by atoms with Crippen LogP contribution < -0.4 is 4.74 Å². The molecule has 1 aromatic heterocycles. The average Bonchev–Trinajstić information content (AvgIpc) is 2.69. The van der Waals surface area contributed by atoms with Crippen molar-refractivity contribution < 1.29 is 13.5 Å². The predicted octanol–water partition coefficient (Wildman–Crippen LogP) is 5.37. The molecule has 2 rings (SSSR count). The van der Waals surface area contributed by atoms with Crippen LogP contribution in [0.3, 0.4) is 0 Å². The summed E-state index contributed by atoms with van der Waals surface area (Å²) in [6.07, 6.45) is 0.938. The van der Waals surface area contributed by atoms with E-state index in [4.69, 9.17) is 0 Å². The Morgan fingerprint density at radius 2 is 1.90 bits per heavy atom. The van der Waals surface area contributed by atoms with Gasteiger partial charge in [-0.25, -0.2) is 4.98 Å². The molecule has 6 heteroatoms. The number of hydrogen-bond donors (Lipinski definition) is 0. The highest BCUT2D eigenvalue weighted by Gasteiger charge is 2.13. The van der Waals surface area contributed by atoms with Crippen LogP contribution in [0.2, 0.25) is 0 Å². The number of nitrogens with zero attached hydrogens (tertiary/aromatic N) is 1. The van der Waals surface area contributed by atoms with Gasteiger partial charge in [0.25, 0.3) is 0 Å². The van der Waals surface area contributed by atoms with Gasteiger partial charge in [-0.15, -0.1) is 11.3 Å². The molecule has 2 nitrogen and oxygen atoms in total. The van der Waals surface area contributed by atoms with Crippen molar-refractivity contribution in [3.8, 4) is 17.0 Å². The minimum atomic E-state index is -2.80. The number of thiazole rings is 1. The Hall–Kier alpha value is -1.01. The van der Waals surface area contributed by atoms with Crippen LogP contribution >= 0.6 is 27.3 Å². The third-order valence-corrected chi connectivity index (χ3v) is 4.15. The zero-order valence-corrected chi connectivity index (χ0v) is 13.5. The fourth-order valence-electron chi connectivity index (χ4n) is 1.85. The number of hydrogen-bond acceptors (Lipinski definition) is 3. The maximum absolute atomic E-state index is 12.1. The van der Waals surface area contributed by atoms with Gasteiger partial charge in [0.15, 0.2) is 3.92 Å². The largest absolute Gasteiger partial charge is 0.435 e. The third-order valence-electron chi connectivity index (χ3n) is 2.62. The lowest BCUT2D eigenvalue weighted by molar-refractivity contribution is -0.0498. The summed E-state index contributed by atoms with van der Waals surface area (Å²) >= 11 is 5.01. The van der Waals surface area contributed by atoms with E-state index in [1.165, 1.54) is 17.0 Å². The molecule has 0 aliphatic rings. The van der Waals surface area contributed by atoms with Gasteiger partial charge in [0.05, 0.1) is 5.69 Å². The van der Waals surface area contributed by atoms with Gasteiger partial charge in [0, 0.05) is 10.4 Å². The minimum Gasteiger partial charge on any atom is -0.435 e. The number of alkyl halides is 2. The molecule has 0 saturated heterocycles. The lowest BCUT2D eigenvalue weighted by atomic mass is 10.0. The SMILES string of the molecule is CC(C)Cc1sc(Br)nc1-c1ccc(OC(F)F)cc1.